The third-order valence-corrected chi connectivity index (χ3v) is 5.39. The molecule has 1 fully saturated rings. The van der Waals surface area contributed by atoms with Crippen molar-refractivity contribution in [3.8, 4) is 17.2 Å². The Morgan fingerprint density at radius 3 is 2.76 bits per heavy atom. The van der Waals surface area contributed by atoms with Crippen molar-refractivity contribution in [1.82, 2.24) is 4.90 Å². The average molecular weight is 412 g/mol. The number of amides is 1. The van der Waals surface area contributed by atoms with Crippen LogP contribution in [0.25, 0.3) is 6.08 Å². The second-order valence-electron chi connectivity index (χ2n) is 6.17. The molecule has 1 saturated heterocycles. The highest BCUT2D eigenvalue weighted by molar-refractivity contribution is 8.18. The van der Waals surface area contributed by atoms with E-state index in [4.69, 9.17) is 19.3 Å². The maximum atomic E-state index is 12.7. The van der Waals surface area contributed by atoms with Gasteiger partial charge in [-0.05, 0) is 42.1 Å². The van der Waals surface area contributed by atoms with Gasteiger partial charge in [0.05, 0.1) is 23.3 Å². The standard InChI is InChI=1S/C20H16N2O6S/c1-22-18(23)17(8-12-7-15-16(28-10-27-15)9-14(12)26-2)29-20(22)21-13-5-3-4-11(6-13)19(24)25/h3-9H,10H2,1-2H3,(H,24,25). The molecule has 2 aromatic carbocycles. The maximum Gasteiger partial charge on any atom is 0.335 e. The summed E-state index contributed by atoms with van der Waals surface area (Å²) in [5.74, 6) is 0.471. The number of rotatable bonds is 4. The van der Waals surface area contributed by atoms with Gasteiger partial charge >= 0.3 is 5.97 Å². The minimum absolute atomic E-state index is 0.129. The third-order valence-electron chi connectivity index (χ3n) is 4.33. The van der Waals surface area contributed by atoms with Crippen LogP contribution >= 0.6 is 11.8 Å². The van der Waals surface area contributed by atoms with Crippen LogP contribution in [0.5, 0.6) is 17.2 Å². The Morgan fingerprint density at radius 2 is 2.03 bits per heavy atom. The number of likely N-dealkylation sites (N-methyl/N-ethyl adjacent to an activating group) is 1. The van der Waals surface area contributed by atoms with Crippen LogP contribution in [0.3, 0.4) is 0 Å². The van der Waals surface area contributed by atoms with Crippen molar-refractivity contribution < 1.29 is 28.9 Å². The molecule has 4 rings (SSSR count). The number of amidine groups is 1. The number of fused-ring (bicyclic) bond motifs is 1. The second kappa shape index (κ2) is 7.51. The van der Waals surface area contributed by atoms with E-state index in [2.05, 4.69) is 4.99 Å². The third kappa shape index (κ3) is 3.64. The fraction of sp³-hybridized carbons (Fsp3) is 0.150. The zero-order valence-corrected chi connectivity index (χ0v) is 16.4. The van der Waals surface area contributed by atoms with E-state index in [9.17, 15) is 9.59 Å². The number of ether oxygens (including phenoxy) is 3. The predicted molar refractivity (Wildman–Crippen MR) is 108 cm³/mol. The quantitative estimate of drug-likeness (QED) is 0.769. The number of carboxylic acid groups (broad SMARTS) is 1. The summed E-state index contributed by atoms with van der Waals surface area (Å²) in [5, 5.41) is 9.58. The highest BCUT2D eigenvalue weighted by Crippen LogP contribution is 2.41. The number of nitrogens with zero attached hydrogens (tertiary/aromatic N) is 2. The van der Waals surface area contributed by atoms with E-state index >= 15 is 0 Å². The lowest BCUT2D eigenvalue weighted by atomic mass is 10.1. The Kier molecular flexibility index (Phi) is 4.89. The first-order chi connectivity index (χ1) is 14.0. The van der Waals surface area contributed by atoms with Gasteiger partial charge in [-0.15, -0.1) is 0 Å². The summed E-state index contributed by atoms with van der Waals surface area (Å²) in [4.78, 5) is 30.1. The molecule has 8 nitrogen and oxygen atoms in total. The Hall–Kier alpha value is -3.46. The molecular weight excluding hydrogens is 396 g/mol. The summed E-state index contributed by atoms with van der Waals surface area (Å²) in [6.45, 7) is 0.140. The van der Waals surface area contributed by atoms with Gasteiger partial charge in [-0.1, -0.05) is 6.07 Å². The van der Waals surface area contributed by atoms with Crippen LogP contribution in [0.15, 0.2) is 46.3 Å². The molecule has 0 spiro atoms. The van der Waals surface area contributed by atoms with E-state index in [1.165, 1.54) is 35.9 Å². The summed E-state index contributed by atoms with van der Waals surface area (Å²) >= 11 is 1.20. The van der Waals surface area contributed by atoms with Gasteiger partial charge in [0.15, 0.2) is 16.7 Å². The Bertz CT molecular complexity index is 1080. The minimum Gasteiger partial charge on any atom is -0.496 e. The lowest BCUT2D eigenvalue weighted by molar-refractivity contribution is -0.121. The zero-order chi connectivity index (χ0) is 20.5. The smallest absolute Gasteiger partial charge is 0.335 e. The molecule has 2 aliphatic heterocycles. The topological polar surface area (TPSA) is 97.7 Å². The van der Waals surface area contributed by atoms with Gasteiger partial charge in [0.25, 0.3) is 5.91 Å². The Labute approximate surface area is 170 Å². The maximum absolute atomic E-state index is 12.7. The SMILES string of the molecule is COc1cc2c(cc1C=C1SC(=Nc3cccc(C(=O)O)c3)N(C)C1=O)OCO2. The number of aliphatic imine (C=N–C) groups is 1. The molecule has 0 aromatic heterocycles. The van der Waals surface area contributed by atoms with Crippen molar-refractivity contribution in [2.45, 2.75) is 0 Å². The fourth-order valence-electron chi connectivity index (χ4n) is 2.84. The van der Waals surface area contributed by atoms with Gasteiger partial charge in [-0.25, -0.2) is 9.79 Å². The molecule has 2 aromatic rings. The van der Waals surface area contributed by atoms with Gasteiger partial charge in [-0.2, -0.15) is 0 Å². The molecule has 29 heavy (non-hydrogen) atoms. The van der Waals surface area contributed by atoms with Crippen molar-refractivity contribution in [1.29, 1.82) is 0 Å². The number of carboxylic acids is 1. The van der Waals surface area contributed by atoms with Gasteiger partial charge in [-0.3, -0.25) is 9.69 Å². The van der Waals surface area contributed by atoms with Crippen LogP contribution in [0, 0.1) is 0 Å². The van der Waals surface area contributed by atoms with E-state index in [1.807, 2.05) is 0 Å². The summed E-state index contributed by atoms with van der Waals surface area (Å²) in [6, 6.07) is 9.71. The Balaban J connectivity index is 1.67. The monoisotopic (exact) mass is 412 g/mol. The number of carbonyl (C=O) groups excluding carboxylic acids is 1. The van der Waals surface area contributed by atoms with Crippen molar-refractivity contribution in [3.63, 3.8) is 0 Å². The van der Waals surface area contributed by atoms with Crippen LogP contribution in [0.1, 0.15) is 15.9 Å². The van der Waals surface area contributed by atoms with E-state index < -0.39 is 5.97 Å². The number of hydrogen-bond acceptors (Lipinski definition) is 7. The van der Waals surface area contributed by atoms with Gasteiger partial charge in [0.2, 0.25) is 6.79 Å². The van der Waals surface area contributed by atoms with E-state index in [-0.39, 0.29) is 18.3 Å². The highest BCUT2D eigenvalue weighted by atomic mass is 32.2. The fourth-order valence-corrected chi connectivity index (χ4v) is 3.82. The molecule has 0 bridgehead atoms. The van der Waals surface area contributed by atoms with Crippen LogP contribution in [-0.4, -0.2) is 48.0 Å². The first-order valence-electron chi connectivity index (χ1n) is 8.53. The molecule has 0 unspecified atom stereocenters. The highest BCUT2D eigenvalue weighted by Gasteiger charge is 2.31. The normalized spacial score (nSPS) is 18.0. The van der Waals surface area contributed by atoms with Crippen LogP contribution in [-0.2, 0) is 4.79 Å². The van der Waals surface area contributed by atoms with Gasteiger partial charge < -0.3 is 19.3 Å². The molecular formula is C20H16N2O6S. The number of benzene rings is 2. The van der Waals surface area contributed by atoms with Gasteiger partial charge in [0, 0.05) is 18.7 Å². The lowest BCUT2D eigenvalue weighted by Crippen LogP contribution is -2.23. The number of hydrogen-bond donors (Lipinski definition) is 1. The zero-order valence-electron chi connectivity index (χ0n) is 15.5. The number of carbonyl (C=O) groups is 2. The van der Waals surface area contributed by atoms with E-state index in [0.29, 0.717) is 38.6 Å². The summed E-state index contributed by atoms with van der Waals surface area (Å²) < 4.78 is 16.2. The predicted octanol–water partition coefficient (Wildman–Crippen LogP) is 3.36. The van der Waals surface area contributed by atoms with Crippen LogP contribution < -0.4 is 14.2 Å². The van der Waals surface area contributed by atoms with Crippen LogP contribution in [0.2, 0.25) is 0 Å². The number of methoxy groups -OCH3 is 1. The first kappa shape index (κ1) is 18.9. The molecule has 148 valence electrons. The van der Waals surface area contributed by atoms with Gasteiger partial charge in [0.1, 0.15) is 5.75 Å². The molecule has 1 N–H and O–H groups in total. The molecule has 0 atom stereocenters. The molecule has 0 saturated carbocycles. The molecule has 0 aliphatic carbocycles. The molecule has 0 radical (unpaired) electrons. The van der Waals surface area contributed by atoms with Crippen molar-refractivity contribution in [2.75, 3.05) is 21.0 Å². The van der Waals surface area contributed by atoms with Crippen molar-refractivity contribution in [2.24, 2.45) is 4.99 Å². The summed E-state index contributed by atoms with van der Waals surface area (Å²) in [6.07, 6.45) is 1.71. The second-order valence-corrected chi connectivity index (χ2v) is 7.18. The van der Waals surface area contributed by atoms with Crippen LogP contribution in [0.4, 0.5) is 5.69 Å². The number of thioether (sulfide) groups is 1. The number of aromatic carboxylic acids is 1. The minimum atomic E-state index is -1.04. The van der Waals surface area contributed by atoms with E-state index in [1.54, 1.807) is 37.4 Å². The lowest BCUT2D eigenvalue weighted by Gasteiger charge is -2.08. The summed E-state index contributed by atoms with van der Waals surface area (Å²) in [5.41, 5.74) is 1.26. The summed E-state index contributed by atoms with van der Waals surface area (Å²) in [7, 11) is 3.16. The average Bonchev–Trinajstić information content (AvgIpc) is 3.27. The largest absolute Gasteiger partial charge is 0.496 e. The molecule has 2 aliphatic rings. The molecule has 2 heterocycles. The van der Waals surface area contributed by atoms with E-state index in [0.717, 1.165) is 0 Å². The van der Waals surface area contributed by atoms with Crippen molar-refractivity contribution >= 4 is 40.6 Å². The van der Waals surface area contributed by atoms with Crippen molar-refractivity contribution in [3.05, 3.63) is 52.4 Å². The Morgan fingerprint density at radius 1 is 1.28 bits per heavy atom. The first-order valence-corrected chi connectivity index (χ1v) is 9.35. The molecule has 1 amide bonds. The molecule has 9 heteroatoms.